The summed E-state index contributed by atoms with van der Waals surface area (Å²) >= 11 is 0. The first-order valence-corrected chi connectivity index (χ1v) is 3.68. The Balaban J connectivity index is 2.27. The van der Waals surface area contributed by atoms with Crippen LogP contribution in [0.5, 0.6) is 0 Å². The number of likely N-dealkylation sites (tertiary alicyclic amines) is 1. The van der Waals surface area contributed by atoms with Crippen LogP contribution in [-0.2, 0) is 4.84 Å². The first-order valence-electron chi connectivity index (χ1n) is 3.68. The molecule has 0 amide bonds. The number of nitrogens with two attached hydrogens (primary N) is 2. The fraction of sp³-hybridized carbons (Fsp3) is 1.00. The Morgan fingerprint density at radius 2 is 2.40 bits per heavy atom. The van der Waals surface area contributed by atoms with Crippen LogP contribution in [0.1, 0.15) is 12.8 Å². The summed E-state index contributed by atoms with van der Waals surface area (Å²) in [5, 5.41) is 0. The van der Waals surface area contributed by atoms with Crippen molar-refractivity contribution in [2.45, 2.75) is 19.1 Å². The summed E-state index contributed by atoms with van der Waals surface area (Å²) in [6, 6.07) is 0. The van der Waals surface area contributed by atoms with Crippen LogP contribution >= 0.6 is 0 Å². The van der Waals surface area contributed by atoms with E-state index in [1.165, 1.54) is 6.42 Å². The summed E-state index contributed by atoms with van der Waals surface area (Å²) in [6.45, 7) is 2.64. The fourth-order valence-corrected chi connectivity index (χ4v) is 1.37. The van der Waals surface area contributed by atoms with E-state index in [0.29, 0.717) is 6.54 Å². The first kappa shape index (κ1) is 7.94. The molecule has 0 radical (unpaired) electrons. The van der Waals surface area contributed by atoms with Crippen LogP contribution in [0.25, 0.3) is 0 Å². The van der Waals surface area contributed by atoms with Gasteiger partial charge in [-0.1, -0.05) is 0 Å². The van der Waals surface area contributed by atoms with Gasteiger partial charge >= 0.3 is 0 Å². The first-order chi connectivity index (χ1) is 4.88. The molecular weight excluding hydrogens is 130 g/mol. The van der Waals surface area contributed by atoms with Crippen LogP contribution in [0.2, 0.25) is 0 Å². The van der Waals surface area contributed by atoms with E-state index in [4.69, 9.17) is 16.5 Å². The molecule has 4 nitrogen and oxygen atoms in total. The molecule has 1 heterocycles. The van der Waals surface area contributed by atoms with Crippen molar-refractivity contribution in [2.75, 3.05) is 19.6 Å². The van der Waals surface area contributed by atoms with Gasteiger partial charge in [0.1, 0.15) is 6.23 Å². The zero-order chi connectivity index (χ0) is 7.40. The molecule has 1 aliphatic rings. The second-order valence-electron chi connectivity index (χ2n) is 2.56. The van der Waals surface area contributed by atoms with Crippen LogP contribution in [0.4, 0.5) is 0 Å². The Morgan fingerprint density at radius 3 is 3.00 bits per heavy atom. The van der Waals surface area contributed by atoms with Gasteiger partial charge in [0, 0.05) is 19.6 Å². The monoisotopic (exact) mass is 145 g/mol. The summed E-state index contributed by atoms with van der Waals surface area (Å²) in [4.78, 5) is 6.91. The molecule has 4 N–H and O–H groups in total. The van der Waals surface area contributed by atoms with E-state index in [1.54, 1.807) is 0 Å². The molecule has 1 saturated heterocycles. The SMILES string of the molecule is NCCN1CCCC1ON. The molecule has 0 spiro atoms. The van der Waals surface area contributed by atoms with E-state index in [0.717, 1.165) is 19.5 Å². The molecular formula is C6H15N3O. The van der Waals surface area contributed by atoms with Crippen LogP contribution in [-0.4, -0.2) is 30.8 Å². The lowest BCUT2D eigenvalue weighted by atomic mass is 10.4. The zero-order valence-electron chi connectivity index (χ0n) is 6.12. The summed E-state index contributed by atoms with van der Waals surface area (Å²) < 4.78 is 0. The van der Waals surface area contributed by atoms with Crippen molar-refractivity contribution in [1.82, 2.24) is 4.90 Å². The highest BCUT2D eigenvalue weighted by atomic mass is 16.6. The van der Waals surface area contributed by atoms with E-state index in [2.05, 4.69) is 4.90 Å². The number of rotatable bonds is 3. The minimum absolute atomic E-state index is 0.114. The lowest BCUT2D eigenvalue weighted by molar-refractivity contribution is -0.0355. The molecule has 0 aromatic rings. The largest absolute Gasteiger partial charge is 0.329 e. The van der Waals surface area contributed by atoms with Crippen molar-refractivity contribution >= 4 is 0 Å². The Kier molecular flexibility index (Phi) is 3.08. The maximum absolute atomic E-state index is 5.39. The van der Waals surface area contributed by atoms with Crippen molar-refractivity contribution in [3.63, 3.8) is 0 Å². The van der Waals surface area contributed by atoms with Gasteiger partial charge in [-0.3, -0.25) is 9.74 Å². The Labute approximate surface area is 61.1 Å². The summed E-state index contributed by atoms with van der Waals surface area (Å²) in [5.41, 5.74) is 5.39. The summed E-state index contributed by atoms with van der Waals surface area (Å²) in [7, 11) is 0. The van der Waals surface area contributed by atoms with Gasteiger partial charge in [-0.15, -0.1) is 0 Å². The minimum atomic E-state index is 0.114. The van der Waals surface area contributed by atoms with Crippen LogP contribution in [0.3, 0.4) is 0 Å². The third kappa shape index (κ3) is 1.67. The average molecular weight is 145 g/mol. The minimum Gasteiger partial charge on any atom is -0.329 e. The van der Waals surface area contributed by atoms with Gasteiger partial charge in [0.15, 0.2) is 0 Å². The molecule has 1 fully saturated rings. The predicted octanol–water partition coefficient (Wildman–Crippen LogP) is -0.743. The molecule has 0 aromatic carbocycles. The average Bonchev–Trinajstić information content (AvgIpc) is 2.36. The van der Waals surface area contributed by atoms with Crippen LogP contribution in [0.15, 0.2) is 0 Å². The molecule has 4 heteroatoms. The second kappa shape index (κ2) is 3.88. The van der Waals surface area contributed by atoms with Gasteiger partial charge in [-0.05, 0) is 12.8 Å². The van der Waals surface area contributed by atoms with Gasteiger partial charge in [-0.2, -0.15) is 0 Å². The molecule has 0 bridgehead atoms. The third-order valence-corrected chi connectivity index (χ3v) is 1.88. The topological polar surface area (TPSA) is 64.5 Å². The molecule has 1 atom stereocenters. The van der Waals surface area contributed by atoms with Crippen LogP contribution < -0.4 is 11.6 Å². The third-order valence-electron chi connectivity index (χ3n) is 1.88. The molecule has 1 rings (SSSR count). The van der Waals surface area contributed by atoms with Crippen molar-refractivity contribution in [1.29, 1.82) is 0 Å². The number of hydrogen-bond acceptors (Lipinski definition) is 4. The normalized spacial score (nSPS) is 27.6. The van der Waals surface area contributed by atoms with E-state index in [9.17, 15) is 0 Å². The highest BCUT2D eigenvalue weighted by Gasteiger charge is 2.23. The van der Waals surface area contributed by atoms with E-state index in [1.807, 2.05) is 0 Å². The Hall–Kier alpha value is -0.160. The number of nitrogens with zero attached hydrogens (tertiary/aromatic N) is 1. The molecule has 0 aliphatic carbocycles. The highest BCUT2D eigenvalue weighted by Crippen LogP contribution is 2.15. The Bertz CT molecular complexity index is 99.0. The molecule has 10 heavy (non-hydrogen) atoms. The Morgan fingerprint density at radius 1 is 1.60 bits per heavy atom. The maximum Gasteiger partial charge on any atom is 0.131 e. The van der Waals surface area contributed by atoms with E-state index in [-0.39, 0.29) is 6.23 Å². The van der Waals surface area contributed by atoms with Crippen molar-refractivity contribution < 1.29 is 4.84 Å². The molecule has 1 unspecified atom stereocenters. The smallest absolute Gasteiger partial charge is 0.131 e. The van der Waals surface area contributed by atoms with Gasteiger partial charge in [0.2, 0.25) is 0 Å². The molecule has 60 valence electrons. The van der Waals surface area contributed by atoms with Gasteiger partial charge < -0.3 is 5.73 Å². The fourth-order valence-electron chi connectivity index (χ4n) is 1.37. The molecule has 0 aromatic heterocycles. The summed E-state index contributed by atoms with van der Waals surface area (Å²) in [5.74, 6) is 5.07. The zero-order valence-corrected chi connectivity index (χ0v) is 6.12. The predicted molar refractivity (Wildman–Crippen MR) is 38.9 cm³/mol. The molecule has 0 saturated carbocycles. The quantitative estimate of drug-likeness (QED) is 0.513. The lowest BCUT2D eigenvalue weighted by Crippen LogP contribution is -2.37. The van der Waals surface area contributed by atoms with Gasteiger partial charge in [0.05, 0.1) is 0 Å². The van der Waals surface area contributed by atoms with Crippen molar-refractivity contribution in [2.24, 2.45) is 11.6 Å². The van der Waals surface area contributed by atoms with Crippen molar-refractivity contribution in [3.05, 3.63) is 0 Å². The van der Waals surface area contributed by atoms with Crippen molar-refractivity contribution in [3.8, 4) is 0 Å². The highest BCUT2D eigenvalue weighted by molar-refractivity contribution is 4.71. The molecule has 1 aliphatic heterocycles. The number of hydrogen-bond donors (Lipinski definition) is 2. The standard InChI is InChI=1S/C6H15N3O/c7-3-5-9-4-1-2-6(9)10-8/h6H,1-5,7-8H2. The van der Waals surface area contributed by atoms with Gasteiger partial charge in [-0.25, -0.2) is 5.90 Å². The van der Waals surface area contributed by atoms with Gasteiger partial charge in [0.25, 0.3) is 0 Å². The van der Waals surface area contributed by atoms with E-state index >= 15 is 0 Å². The lowest BCUT2D eigenvalue weighted by Gasteiger charge is -2.20. The second-order valence-corrected chi connectivity index (χ2v) is 2.56. The summed E-state index contributed by atoms with van der Waals surface area (Å²) in [6.07, 6.45) is 2.32. The van der Waals surface area contributed by atoms with E-state index < -0.39 is 0 Å². The van der Waals surface area contributed by atoms with Crippen LogP contribution in [0, 0.1) is 0 Å². The maximum atomic E-state index is 5.39.